The number of carbonyl (C=O) groups is 1. The minimum atomic E-state index is -0.104. The highest BCUT2D eigenvalue weighted by atomic mass is 32.1. The molecule has 118 valence electrons. The molecule has 0 fully saturated rings. The standard InChI is InChI=1S/C17H22N2O2S/c1-4-10-19-17(20)15-14(11(3)22-16(15)18)12-6-8-13(9-7-12)21-5-2/h6-9H,4-5,10,18H2,1-3H3,(H,19,20). The van der Waals surface area contributed by atoms with E-state index in [1.807, 2.05) is 45.0 Å². The van der Waals surface area contributed by atoms with Gasteiger partial charge in [0, 0.05) is 17.0 Å². The number of anilines is 1. The van der Waals surface area contributed by atoms with Crippen LogP contribution in [0.5, 0.6) is 5.75 Å². The molecule has 5 heteroatoms. The van der Waals surface area contributed by atoms with Crippen LogP contribution in [-0.2, 0) is 0 Å². The molecule has 4 nitrogen and oxygen atoms in total. The first-order valence-electron chi connectivity index (χ1n) is 7.48. The summed E-state index contributed by atoms with van der Waals surface area (Å²) in [4.78, 5) is 13.4. The Kier molecular flexibility index (Phi) is 5.44. The lowest BCUT2D eigenvalue weighted by Gasteiger charge is -2.09. The summed E-state index contributed by atoms with van der Waals surface area (Å²) in [5, 5.41) is 3.47. The molecule has 1 amide bonds. The van der Waals surface area contributed by atoms with Gasteiger partial charge in [-0.1, -0.05) is 19.1 Å². The molecule has 1 heterocycles. The Morgan fingerprint density at radius 1 is 1.27 bits per heavy atom. The topological polar surface area (TPSA) is 64.4 Å². The van der Waals surface area contributed by atoms with E-state index in [0.29, 0.717) is 23.7 Å². The van der Waals surface area contributed by atoms with Crippen LogP contribution in [0.15, 0.2) is 24.3 Å². The largest absolute Gasteiger partial charge is 0.494 e. The minimum Gasteiger partial charge on any atom is -0.494 e. The fourth-order valence-electron chi connectivity index (χ4n) is 2.35. The molecule has 0 aliphatic carbocycles. The third-order valence-electron chi connectivity index (χ3n) is 3.33. The number of benzene rings is 1. The van der Waals surface area contributed by atoms with Gasteiger partial charge in [-0.25, -0.2) is 0 Å². The number of amides is 1. The molecule has 2 aromatic rings. The zero-order valence-electron chi connectivity index (χ0n) is 13.2. The summed E-state index contributed by atoms with van der Waals surface area (Å²) in [7, 11) is 0. The molecule has 0 atom stereocenters. The average Bonchev–Trinajstić information content (AvgIpc) is 2.80. The second kappa shape index (κ2) is 7.31. The van der Waals surface area contributed by atoms with Crippen LogP contribution in [0, 0.1) is 6.92 Å². The first-order chi connectivity index (χ1) is 10.6. The summed E-state index contributed by atoms with van der Waals surface area (Å²) >= 11 is 1.45. The molecule has 0 unspecified atom stereocenters. The highest BCUT2D eigenvalue weighted by molar-refractivity contribution is 7.16. The Bertz CT molecular complexity index is 647. The molecule has 22 heavy (non-hydrogen) atoms. The lowest BCUT2D eigenvalue weighted by molar-refractivity contribution is 0.0955. The molecule has 0 aliphatic heterocycles. The second-order valence-corrected chi connectivity index (χ2v) is 6.24. The maximum Gasteiger partial charge on any atom is 0.254 e. The molecule has 0 aliphatic rings. The Morgan fingerprint density at radius 2 is 1.95 bits per heavy atom. The van der Waals surface area contributed by atoms with Gasteiger partial charge in [-0.3, -0.25) is 4.79 Å². The van der Waals surface area contributed by atoms with Crippen molar-refractivity contribution in [2.75, 3.05) is 18.9 Å². The number of nitrogens with one attached hydrogen (secondary N) is 1. The lowest BCUT2D eigenvalue weighted by Crippen LogP contribution is -2.24. The fourth-order valence-corrected chi connectivity index (χ4v) is 3.30. The normalized spacial score (nSPS) is 10.5. The van der Waals surface area contributed by atoms with E-state index in [9.17, 15) is 4.79 Å². The van der Waals surface area contributed by atoms with Crippen LogP contribution in [0.25, 0.3) is 11.1 Å². The van der Waals surface area contributed by atoms with Crippen LogP contribution < -0.4 is 15.8 Å². The van der Waals surface area contributed by atoms with Crippen molar-refractivity contribution in [3.8, 4) is 16.9 Å². The van der Waals surface area contributed by atoms with Gasteiger partial charge in [-0.05, 0) is 38.0 Å². The predicted molar refractivity (Wildman–Crippen MR) is 92.7 cm³/mol. The third kappa shape index (κ3) is 3.42. The van der Waals surface area contributed by atoms with Crippen molar-refractivity contribution in [2.24, 2.45) is 0 Å². The van der Waals surface area contributed by atoms with Gasteiger partial charge in [0.1, 0.15) is 5.75 Å². The Labute approximate surface area is 135 Å². The van der Waals surface area contributed by atoms with Crippen molar-refractivity contribution in [1.82, 2.24) is 5.32 Å². The fraction of sp³-hybridized carbons (Fsp3) is 0.353. The number of hydrogen-bond donors (Lipinski definition) is 2. The first kappa shape index (κ1) is 16.4. The van der Waals surface area contributed by atoms with Gasteiger partial charge in [0.2, 0.25) is 0 Å². The highest BCUT2D eigenvalue weighted by Gasteiger charge is 2.21. The van der Waals surface area contributed by atoms with E-state index >= 15 is 0 Å². The Morgan fingerprint density at radius 3 is 2.55 bits per heavy atom. The quantitative estimate of drug-likeness (QED) is 0.850. The third-order valence-corrected chi connectivity index (χ3v) is 4.26. The van der Waals surface area contributed by atoms with Gasteiger partial charge in [0.05, 0.1) is 17.2 Å². The number of nitrogen functional groups attached to an aromatic ring is 1. The number of aryl methyl sites for hydroxylation is 1. The van der Waals surface area contributed by atoms with Gasteiger partial charge in [0.15, 0.2) is 0 Å². The van der Waals surface area contributed by atoms with Crippen molar-refractivity contribution in [2.45, 2.75) is 27.2 Å². The molecule has 3 N–H and O–H groups in total. The number of rotatable bonds is 6. The number of hydrogen-bond acceptors (Lipinski definition) is 4. The summed E-state index contributed by atoms with van der Waals surface area (Å²) in [5.41, 5.74) is 8.54. The van der Waals surface area contributed by atoms with E-state index in [2.05, 4.69) is 5.32 Å². The van der Waals surface area contributed by atoms with Crippen molar-refractivity contribution in [3.63, 3.8) is 0 Å². The van der Waals surface area contributed by atoms with Gasteiger partial charge >= 0.3 is 0 Å². The second-order valence-electron chi connectivity index (χ2n) is 4.99. The molecular weight excluding hydrogens is 296 g/mol. The summed E-state index contributed by atoms with van der Waals surface area (Å²) in [5.74, 6) is 0.719. The van der Waals surface area contributed by atoms with E-state index in [0.717, 1.165) is 28.2 Å². The molecule has 0 spiro atoms. The number of carbonyl (C=O) groups excluding carboxylic acids is 1. The maximum absolute atomic E-state index is 12.4. The van der Waals surface area contributed by atoms with E-state index in [-0.39, 0.29) is 5.91 Å². The number of nitrogens with two attached hydrogens (primary N) is 1. The first-order valence-corrected chi connectivity index (χ1v) is 8.30. The van der Waals surface area contributed by atoms with Crippen molar-refractivity contribution >= 4 is 22.2 Å². The van der Waals surface area contributed by atoms with Crippen molar-refractivity contribution in [1.29, 1.82) is 0 Å². The van der Waals surface area contributed by atoms with Crippen LogP contribution in [0.2, 0.25) is 0 Å². The summed E-state index contributed by atoms with van der Waals surface area (Å²) in [6.07, 6.45) is 0.896. The molecule has 2 rings (SSSR count). The summed E-state index contributed by atoms with van der Waals surface area (Å²) in [6.45, 7) is 7.25. The van der Waals surface area contributed by atoms with Crippen molar-refractivity contribution in [3.05, 3.63) is 34.7 Å². The predicted octanol–water partition coefficient (Wildman–Crippen LogP) is 3.84. The minimum absolute atomic E-state index is 0.104. The highest BCUT2D eigenvalue weighted by Crippen LogP contribution is 2.38. The van der Waals surface area contributed by atoms with Gasteiger partial charge in [-0.2, -0.15) is 0 Å². The van der Waals surface area contributed by atoms with Crippen LogP contribution in [-0.4, -0.2) is 19.1 Å². The molecule has 0 bridgehead atoms. The molecule has 0 saturated carbocycles. The monoisotopic (exact) mass is 318 g/mol. The van der Waals surface area contributed by atoms with Gasteiger partial charge < -0.3 is 15.8 Å². The summed E-state index contributed by atoms with van der Waals surface area (Å²) < 4.78 is 5.46. The van der Waals surface area contributed by atoms with E-state index in [4.69, 9.17) is 10.5 Å². The van der Waals surface area contributed by atoms with E-state index < -0.39 is 0 Å². The smallest absolute Gasteiger partial charge is 0.254 e. The van der Waals surface area contributed by atoms with Crippen LogP contribution in [0.3, 0.4) is 0 Å². The zero-order valence-corrected chi connectivity index (χ0v) is 14.0. The summed E-state index contributed by atoms with van der Waals surface area (Å²) in [6, 6.07) is 7.77. The van der Waals surface area contributed by atoms with Gasteiger partial charge in [-0.15, -0.1) is 11.3 Å². The van der Waals surface area contributed by atoms with Crippen LogP contribution in [0.1, 0.15) is 35.5 Å². The average molecular weight is 318 g/mol. The van der Waals surface area contributed by atoms with Crippen LogP contribution >= 0.6 is 11.3 Å². The molecular formula is C17H22N2O2S. The van der Waals surface area contributed by atoms with Gasteiger partial charge in [0.25, 0.3) is 5.91 Å². The van der Waals surface area contributed by atoms with E-state index in [1.165, 1.54) is 11.3 Å². The van der Waals surface area contributed by atoms with E-state index in [1.54, 1.807) is 0 Å². The van der Waals surface area contributed by atoms with Crippen LogP contribution in [0.4, 0.5) is 5.00 Å². The maximum atomic E-state index is 12.4. The Balaban J connectivity index is 2.39. The SMILES string of the molecule is CCCNC(=O)c1c(N)sc(C)c1-c1ccc(OCC)cc1. The molecule has 1 aromatic heterocycles. The zero-order chi connectivity index (χ0) is 16.1. The van der Waals surface area contributed by atoms with Crippen molar-refractivity contribution < 1.29 is 9.53 Å². The molecule has 0 saturated heterocycles. The Hall–Kier alpha value is -2.01. The number of ether oxygens (including phenoxy) is 1. The number of thiophene rings is 1. The molecule has 0 radical (unpaired) electrons. The molecule has 1 aromatic carbocycles. The lowest BCUT2D eigenvalue weighted by atomic mass is 10.0.